The summed E-state index contributed by atoms with van der Waals surface area (Å²) in [5.41, 5.74) is 1.94. The molecule has 2 aromatic rings. The molecule has 1 aromatic heterocycles. The average molecular weight is 274 g/mol. The average Bonchev–Trinajstić information content (AvgIpc) is 3.10. The van der Waals surface area contributed by atoms with Crippen LogP contribution in [0.25, 0.3) is 11.0 Å². The fraction of sp³-hybridized carbons (Fsp3) is 0.533. The van der Waals surface area contributed by atoms with Crippen LogP contribution in [0.4, 0.5) is 0 Å². The molecule has 0 saturated carbocycles. The number of benzene rings is 1. The largest absolute Gasteiger partial charge is 0.486 e. The van der Waals surface area contributed by atoms with Crippen molar-refractivity contribution in [1.82, 2.24) is 9.97 Å². The SMILES string of the molecule is CCC1OCCC1c1nc2cc3c(cc2[nH]1)OCCO3. The van der Waals surface area contributed by atoms with E-state index >= 15 is 0 Å². The predicted octanol–water partition coefficient (Wildman–Crippen LogP) is 2.62. The van der Waals surface area contributed by atoms with Crippen LogP contribution >= 0.6 is 0 Å². The van der Waals surface area contributed by atoms with E-state index in [9.17, 15) is 0 Å². The first kappa shape index (κ1) is 12.0. The number of rotatable bonds is 2. The number of nitrogens with one attached hydrogen (secondary N) is 1. The number of aromatic amines is 1. The molecule has 0 bridgehead atoms. The molecule has 3 heterocycles. The maximum absolute atomic E-state index is 5.76. The fourth-order valence-electron chi connectivity index (χ4n) is 3.11. The maximum Gasteiger partial charge on any atom is 0.163 e. The standard InChI is InChI=1S/C15H18N2O3/c1-2-12-9(3-4-18-12)15-16-10-7-13-14(8-11(10)17-15)20-6-5-19-13/h7-9,12H,2-6H2,1H3,(H,16,17). The van der Waals surface area contributed by atoms with Crippen LogP contribution in [0.15, 0.2) is 12.1 Å². The molecule has 2 atom stereocenters. The second-order valence-corrected chi connectivity index (χ2v) is 5.35. The topological polar surface area (TPSA) is 56.4 Å². The van der Waals surface area contributed by atoms with Gasteiger partial charge in [0.2, 0.25) is 0 Å². The molecule has 5 nitrogen and oxygen atoms in total. The van der Waals surface area contributed by atoms with Gasteiger partial charge in [0.25, 0.3) is 0 Å². The first-order valence-corrected chi connectivity index (χ1v) is 7.26. The Labute approximate surface area is 117 Å². The second kappa shape index (κ2) is 4.66. The minimum atomic E-state index is 0.276. The highest BCUT2D eigenvalue weighted by molar-refractivity contribution is 5.80. The molecule has 1 saturated heterocycles. The van der Waals surface area contributed by atoms with Gasteiger partial charge in [0.05, 0.1) is 17.1 Å². The Balaban J connectivity index is 1.75. The number of hydrogen-bond donors (Lipinski definition) is 1. The Morgan fingerprint density at radius 3 is 2.80 bits per heavy atom. The van der Waals surface area contributed by atoms with Gasteiger partial charge in [0, 0.05) is 24.7 Å². The normalized spacial score (nSPS) is 25.2. The minimum Gasteiger partial charge on any atom is -0.486 e. The minimum absolute atomic E-state index is 0.276. The van der Waals surface area contributed by atoms with Crippen molar-refractivity contribution in [3.8, 4) is 11.5 Å². The van der Waals surface area contributed by atoms with Crippen molar-refractivity contribution in [2.75, 3.05) is 19.8 Å². The second-order valence-electron chi connectivity index (χ2n) is 5.35. The molecule has 0 spiro atoms. The molecule has 5 heteroatoms. The van der Waals surface area contributed by atoms with E-state index in [-0.39, 0.29) is 6.10 Å². The van der Waals surface area contributed by atoms with Crippen LogP contribution in [0.1, 0.15) is 31.5 Å². The Bertz CT molecular complexity index is 594. The quantitative estimate of drug-likeness (QED) is 0.914. The Kier molecular flexibility index (Phi) is 2.80. The van der Waals surface area contributed by atoms with Gasteiger partial charge in [-0.1, -0.05) is 6.92 Å². The summed E-state index contributed by atoms with van der Waals surface area (Å²) in [5, 5.41) is 0. The number of ether oxygens (including phenoxy) is 3. The molecule has 0 amide bonds. The van der Waals surface area contributed by atoms with Gasteiger partial charge in [-0.2, -0.15) is 0 Å². The van der Waals surface area contributed by atoms with E-state index in [1.165, 1.54) is 0 Å². The van der Waals surface area contributed by atoms with Crippen molar-refractivity contribution in [1.29, 1.82) is 0 Å². The van der Waals surface area contributed by atoms with Crippen LogP contribution < -0.4 is 9.47 Å². The number of aromatic nitrogens is 2. The summed E-state index contributed by atoms with van der Waals surface area (Å²) >= 11 is 0. The summed E-state index contributed by atoms with van der Waals surface area (Å²) in [6.45, 7) is 4.19. The molecule has 1 fully saturated rings. The summed E-state index contributed by atoms with van der Waals surface area (Å²) in [5.74, 6) is 2.98. The van der Waals surface area contributed by atoms with Crippen molar-refractivity contribution >= 4 is 11.0 Å². The lowest BCUT2D eigenvalue weighted by Crippen LogP contribution is -2.15. The van der Waals surface area contributed by atoms with E-state index < -0.39 is 0 Å². The van der Waals surface area contributed by atoms with E-state index in [1.54, 1.807) is 0 Å². The molecule has 1 aromatic carbocycles. The van der Waals surface area contributed by atoms with Crippen LogP contribution in [-0.4, -0.2) is 35.9 Å². The van der Waals surface area contributed by atoms with Gasteiger partial charge in [-0.05, 0) is 12.8 Å². The molecule has 1 N–H and O–H groups in total. The van der Waals surface area contributed by atoms with Gasteiger partial charge >= 0.3 is 0 Å². The van der Waals surface area contributed by atoms with Crippen molar-refractivity contribution in [3.63, 3.8) is 0 Å². The molecule has 0 radical (unpaired) electrons. The Morgan fingerprint density at radius 2 is 2.00 bits per heavy atom. The highest BCUT2D eigenvalue weighted by Gasteiger charge is 2.30. The molecule has 20 heavy (non-hydrogen) atoms. The summed E-state index contributed by atoms with van der Waals surface area (Å²) in [6.07, 6.45) is 2.33. The maximum atomic E-state index is 5.76. The van der Waals surface area contributed by atoms with Crippen molar-refractivity contribution < 1.29 is 14.2 Å². The number of hydrogen-bond acceptors (Lipinski definition) is 4. The number of fused-ring (bicyclic) bond motifs is 2. The van der Waals surface area contributed by atoms with E-state index in [0.29, 0.717) is 19.1 Å². The third kappa shape index (κ3) is 1.85. The fourth-order valence-corrected chi connectivity index (χ4v) is 3.11. The lowest BCUT2D eigenvalue weighted by atomic mass is 9.99. The third-order valence-corrected chi connectivity index (χ3v) is 4.13. The first-order chi connectivity index (χ1) is 9.85. The summed E-state index contributed by atoms with van der Waals surface area (Å²) < 4.78 is 17.0. The number of imidazole rings is 1. The van der Waals surface area contributed by atoms with Crippen LogP contribution in [0.3, 0.4) is 0 Å². The number of nitrogens with zero attached hydrogens (tertiary/aromatic N) is 1. The highest BCUT2D eigenvalue weighted by Crippen LogP contribution is 2.36. The van der Waals surface area contributed by atoms with Crippen LogP contribution in [0, 0.1) is 0 Å². The zero-order valence-corrected chi connectivity index (χ0v) is 11.5. The van der Waals surface area contributed by atoms with Gasteiger partial charge in [0.1, 0.15) is 19.0 Å². The van der Waals surface area contributed by atoms with Crippen molar-refractivity contribution in [3.05, 3.63) is 18.0 Å². The van der Waals surface area contributed by atoms with Crippen molar-refractivity contribution in [2.45, 2.75) is 31.8 Å². The van der Waals surface area contributed by atoms with E-state index in [1.807, 2.05) is 12.1 Å². The lowest BCUT2D eigenvalue weighted by molar-refractivity contribution is 0.0996. The molecular formula is C15H18N2O3. The molecule has 2 aliphatic heterocycles. The summed E-state index contributed by atoms with van der Waals surface area (Å²) in [7, 11) is 0. The van der Waals surface area contributed by atoms with Gasteiger partial charge in [-0.15, -0.1) is 0 Å². The van der Waals surface area contributed by atoms with Crippen molar-refractivity contribution in [2.24, 2.45) is 0 Å². The summed E-state index contributed by atoms with van der Waals surface area (Å²) in [6, 6.07) is 3.94. The van der Waals surface area contributed by atoms with Gasteiger partial charge in [0.15, 0.2) is 11.5 Å². The third-order valence-electron chi connectivity index (χ3n) is 4.13. The van der Waals surface area contributed by atoms with Gasteiger partial charge < -0.3 is 19.2 Å². The van der Waals surface area contributed by atoms with Gasteiger partial charge in [-0.3, -0.25) is 0 Å². The summed E-state index contributed by atoms with van der Waals surface area (Å²) in [4.78, 5) is 8.16. The molecule has 106 valence electrons. The monoisotopic (exact) mass is 274 g/mol. The van der Waals surface area contributed by atoms with Crippen LogP contribution in [0.2, 0.25) is 0 Å². The number of H-pyrrole nitrogens is 1. The van der Waals surface area contributed by atoms with Gasteiger partial charge in [-0.25, -0.2) is 4.98 Å². The highest BCUT2D eigenvalue weighted by atomic mass is 16.6. The zero-order valence-electron chi connectivity index (χ0n) is 11.5. The van der Waals surface area contributed by atoms with Crippen LogP contribution in [-0.2, 0) is 4.74 Å². The Morgan fingerprint density at radius 1 is 1.20 bits per heavy atom. The van der Waals surface area contributed by atoms with E-state index in [0.717, 1.165) is 47.8 Å². The zero-order chi connectivity index (χ0) is 13.5. The molecule has 0 aliphatic carbocycles. The Hall–Kier alpha value is -1.75. The smallest absolute Gasteiger partial charge is 0.163 e. The molecule has 4 rings (SSSR count). The lowest BCUT2D eigenvalue weighted by Gasteiger charge is -2.17. The molecular weight excluding hydrogens is 256 g/mol. The molecule has 2 unspecified atom stereocenters. The van der Waals surface area contributed by atoms with E-state index in [4.69, 9.17) is 19.2 Å². The van der Waals surface area contributed by atoms with Crippen LogP contribution in [0.5, 0.6) is 11.5 Å². The molecule has 2 aliphatic rings. The predicted molar refractivity (Wildman–Crippen MR) is 74.5 cm³/mol. The van der Waals surface area contributed by atoms with E-state index in [2.05, 4.69) is 11.9 Å². The first-order valence-electron chi connectivity index (χ1n) is 7.26.